The zero-order valence-corrected chi connectivity index (χ0v) is 18.6. The number of benzene rings is 1. The van der Waals surface area contributed by atoms with Gasteiger partial charge in [0.2, 0.25) is 10.0 Å². The van der Waals surface area contributed by atoms with Crippen LogP contribution in [-0.2, 0) is 10.0 Å². The first-order chi connectivity index (χ1) is 14.4. The molecule has 2 rings (SSSR count). The number of anilines is 1. The van der Waals surface area contributed by atoms with E-state index in [1.54, 1.807) is 24.3 Å². The maximum absolute atomic E-state index is 12.8. The van der Waals surface area contributed by atoms with E-state index in [9.17, 15) is 13.2 Å². The van der Waals surface area contributed by atoms with Crippen LogP contribution in [0.4, 0.5) is 5.69 Å². The minimum absolute atomic E-state index is 0.178. The van der Waals surface area contributed by atoms with E-state index in [4.69, 9.17) is 11.6 Å². The van der Waals surface area contributed by atoms with Crippen molar-refractivity contribution in [1.82, 2.24) is 10.3 Å². The van der Waals surface area contributed by atoms with Crippen molar-refractivity contribution in [2.24, 2.45) is 0 Å². The number of nitrogens with zero attached hydrogens (tertiary/aromatic N) is 1. The molecule has 0 saturated heterocycles. The van der Waals surface area contributed by atoms with Crippen LogP contribution in [0.25, 0.3) is 0 Å². The lowest BCUT2D eigenvalue weighted by molar-refractivity contribution is 0.103. The van der Waals surface area contributed by atoms with Crippen molar-refractivity contribution in [2.45, 2.75) is 26.7 Å². The van der Waals surface area contributed by atoms with Crippen LogP contribution in [0, 0.1) is 0 Å². The van der Waals surface area contributed by atoms with Crippen LogP contribution in [0.15, 0.2) is 66.7 Å². The average molecular weight is 448 g/mol. The monoisotopic (exact) mass is 447 g/mol. The van der Waals surface area contributed by atoms with Gasteiger partial charge in [-0.3, -0.25) is 14.5 Å². The van der Waals surface area contributed by atoms with Gasteiger partial charge in [-0.05, 0) is 49.2 Å². The number of sulfonamides is 1. The summed E-state index contributed by atoms with van der Waals surface area (Å²) in [5.74, 6) is -0.571. The molecule has 1 aromatic heterocycles. The fourth-order valence-electron chi connectivity index (χ4n) is 2.65. The van der Waals surface area contributed by atoms with Crippen LogP contribution in [0.3, 0.4) is 0 Å². The predicted octanol–water partition coefficient (Wildman–Crippen LogP) is 4.56. The van der Waals surface area contributed by atoms with Gasteiger partial charge in [-0.25, -0.2) is 8.42 Å². The van der Waals surface area contributed by atoms with Crippen molar-refractivity contribution < 1.29 is 13.2 Å². The third-order valence-electron chi connectivity index (χ3n) is 4.05. The van der Waals surface area contributed by atoms with E-state index in [0.29, 0.717) is 10.6 Å². The summed E-state index contributed by atoms with van der Waals surface area (Å²) in [4.78, 5) is 16.7. The largest absolute Gasteiger partial charge is 0.385 e. The highest BCUT2D eigenvalue weighted by Crippen LogP contribution is 2.24. The van der Waals surface area contributed by atoms with Gasteiger partial charge < -0.3 is 5.32 Å². The molecule has 0 fully saturated rings. The quantitative estimate of drug-likeness (QED) is 0.389. The van der Waals surface area contributed by atoms with Gasteiger partial charge in [0.25, 0.3) is 0 Å². The molecular weight excluding hydrogens is 422 g/mol. The van der Waals surface area contributed by atoms with E-state index in [1.165, 1.54) is 30.6 Å². The average Bonchev–Trinajstić information content (AvgIpc) is 2.73. The molecule has 0 aliphatic rings. The number of ketones is 1. The molecule has 0 amide bonds. The van der Waals surface area contributed by atoms with Crippen molar-refractivity contribution in [3.8, 4) is 0 Å². The van der Waals surface area contributed by atoms with Gasteiger partial charge in [0, 0.05) is 40.8 Å². The summed E-state index contributed by atoms with van der Waals surface area (Å²) in [7, 11) is -3.72. The molecule has 0 radical (unpaired) electrons. The number of carbonyl (C=O) groups is 1. The Morgan fingerprint density at radius 1 is 1.17 bits per heavy atom. The second-order valence-electron chi connectivity index (χ2n) is 6.54. The Morgan fingerprint density at radius 2 is 1.90 bits per heavy atom. The van der Waals surface area contributed by atoms with Crippen LogP contribution >= 0.6 is 11.6 Å². The molecule has 1 heterocycles. The molecular formula is C22H26ClN3O3S. The maximum atomic E-state index is 12.8. The zero-order valence-electron chi connectivity index (χ0n) is 17.1. The van der Waals surface area contributed by atoms with E-state index in [0.717, 1.165) is 25.1 Å². The van der Waals surface area contributed by atoms with Gasteiger partial charge in [0.1, 0.15) is 0 Å². The molecule has 6 nitrogen and oxygen atoms in total. The molecule has 0 bridgehead atoms. The molecule has 0 saturated carbocycles. The highest BCUT2D eigenvalue weighted by molar-refractivity contribution is 7.92. The minimum Gasteiger partial charge on any atom is -0.385 e. The number of carbonyl (C=O) groups excluding carboxylic acids is 1. The van der Waals surface area contributed by atoms with Gasteiger partial charge in [0.05, 0.1) is 11.4 Å². The lowest BCUT2D eigenvalue weighted by Crippen LogP contribution is -2.18. The first-order valence-electron chi connectivity index (χ1n) is 9.71. The molecule has 2 N–H and O–H groups in total. The Balaban J connectivity index is 2.19. The molecule has 160 valence electrons. The fourth-order valence-corrected chi connectivity index (χ4v) is 3.77. The third kappa shape index (κ3) is 7.31. The summed E-state index contributed by atoms with van der Waals surface area (Å²) in [5.41, 5.74) is 1.64. The van der Waals surface area contributed by atoms with Crippen LogP contribution < -0.4 is 10.0 Å². The lowest BCUT2D eigenvalue weighted by Gasteiger charge is -2.12. The highest BCUT2D eigenvalue weighted by Gasteiger charge is 2.18. The number of allylic oxidation sites excluding steroid dienone is 2. The molecule has 8 heteroatoms. The topological polar surface area (TPSA) is 88.2 Å². The van der Waals surface area contributed by atoms with Gasteiger partial charge in [-0.15, -0.1) is 0 Å². The SMILES string of the molecule is CC/C=C(\C=C/CS(=O)(=O)Nc1ccc(Cl)cc1C(=O)c1ccncc1)NCCC. The third-order valence-corrected chi connectivity index (χ3v) is 5.45. The zero-order chi connectivity index (χ0) is 22.0. The first kappa shape index (κ1) is 23.6. The van der Waals surface area contributed by atoms with Crippen LogP contribution in [-0.4, -0.2) is 31.5 Å². The van der Waals surface area contributed by atoms with Crippen LogP contribution in [0.2, 0.25) is 5.02 Å². The van der Waals surface area contributed by atoms with Gasteiger partial charge in [-0.2, -0.15) is 0 Å². The van der Waals surface area contributed by atoms with Crippen LogP contribution in [0.1, 0.15) is 42.6 Å². The number of pyridine rings is 1. The summed E-state index contributed by atoms with van der Waals surface area (Å²) in [6.45, 7) is 4.89. The van der Waals surface area contributed by atoms with E-state index < -0.39 is 10.0 Å². The van der Waals surface area contributed by atoms with E-state index in [-0.39, 0.29) is 22.8 Å². The maximum Gasteiger partial charge on any atom is 0.236 e. The number of halogens is 1. The van der Waals surface area contributed by atoms with E-state index in [2.05, 4.69) is 21.9 Å². The van der Waals surface area contributed by atoms with Gasteiger partial charge in [-0.1, -0.05) is 37.6 Å². The first-order valence-corrected chi connectivity index (χ1v) is 11.7. The molecule has 0 aliphatic carbocycles. The molecule has 0 spiro atoms. The normalized spacial score (nSPS) is 12.2. The predicted molar refractivity (Wildman–Crippen MR) is 122 cm³/mol. The fraction of sp³-hybridized carbons (Fsp3) is 0.273. The molecule has 0 unspecified atom stereocenters. The highest BCUT2D eigenvalue weighted by atomic mass is 35.5. The summed E-state index contributed by atoms with van der Waals surface area (Å²) in [6, 6.07) is 7.61. The Hall–Kier alpha value is -2.64. The van der Waals surface area contributed by atoms with Crippen molar-refractivity contribution in [1.29, 1.82) is 0 Å². The number of nitrogens with one attached hydrogen (secondary N) is 2. The molecule has 0 aliphatic heterocycles. The number of hydrogen-bond donors (Lipinski definition) is 2. The van der Waals surface area contributed by atoms with Crippen molar-refractivity contribution >= 4 is 33.1 Å². The standard InChI is InChI=1S/C22H26ClN3O3S/c1-3-6-19(25-12-4-2)7-5-15-30(28,29)26-21-9-8-18(23)16-20(21)22(27)17-10-13-24-14-11-17/h5-11,13-14,16,25-26H,3-4,12,15H2,1-2H3/b7-5-,19-6+. The summed E-state index contributed by atoms with van der Waals surface area (Å²) < 4.78 is 27.7. The summed E-state index contributed by atoms with van der Waals surface area (Å²) >= 11 is 6.04. The van der Waals surface area contributed by atoms with Crippen molar-refractivity contribution in [2.75, 3.05) is 17.0 Å². The van der Waals surface area contributed by atoms with Gasteiger partial charge in [0.15, 0.2) is 5.78 Å². The van der Waals surface area contributed by atoms with Crippen LogP contribution in [0.5, 0.6) is 0 Å². The smallest absolute Gasteiger partial charge is 0.236 e. The summed E-state index contributed by atoms with van der Waals surface area (Å²) in [5, 5.41) is 3.59. The molecule has 2 aromatic rings. The second kappa shape index (κ2) is 11.5. The number of rotatable bonds is 11. The minimum atomic E-state index is -3.72. The lowest BCUT2D eigenvalue weighted by atomic mass is 10.0. The van der Waals surface area contributed by atoms with Crippen molar-refractivity contribution in [3.63, 3.8) is 0 Å². The van der Waals surface area contributed by atoms with Crippen molar-refractivity contribution in [3.05, 3.63) is 82.8 Å². The van der Waals surface area contributed by atoms with Gasteiger partial charge >= 0.3 is 0 Å². The molecule has 30 heavy (non-hydrogen) atoms. The molecule has 1 aromatic carbocycles. The Morgan fingerprint density at radius 3 is 2.57 bits per heavy atom. The molecule has 0 atom stereocenters. The van der Waals surface area contributed by atoms with E-state index in [1.807, 2.05) is 13.0 Å². The second-order valence-corrected chi connectivity index (χ2v) is 8.74. The number of hydrogen-bond acceptors (Lipinski definition) is 5. The Labute approximate surface area is 183 Å². The summed E-state index contributed by atoms with van der Waals surface area (Å²) in [6.07, 6.45) is 10.1. The Bertz CT molecular complexity index is 1020. The Kier molecular flexibility index (Phi) is 9.08. The van der Waals surface area contributed by atoms with E-state index >= 15 is 0 Å². The number of aromatic nitrogens is 1.